The Labute approximate surface area is 147 Å². The summed E-state index contributed by atoms with van der Waals surface area (Å²) >= 11 is 0. The maximum absolute atomic E-state index is 11.9. The minimum atomic E-state index is -0.327. The first-order valence-electron chi connectivity index (χ1n) is 8.19. The monoisotopic (exact) mass is 341 g/mol. The third-order valence-corrected chi connectivity index (χ3v) is 3.35. The van der Waals surface area contributed by atoms with E-state index in [1.54, 1.807) is 12.1 Å². The van der Waals surface area contributed by atoms with Gasteiger partial charge in [0.1, 0.15) is 11.6 Å². The fourth-order valence-electron chi connectivity index (χ4n) is 2.17. The van der Waals surface area contributed by atoms with E-state index in [0.29, 0.717) is 30.3 Å². The van der Waals surface area contributed by atoms with Gasteiger partial charge in [0.25, 0.3) is 5.91 Å². The predicted octanol–water partition coefficient (Wildman–Crippen LogP) is 2.95. The van der Waals surface area contributed by atoms with Crippen molar-refractivity contribution in [2.24, 2.45) is 10.9 Å². The molecule has 0 heterocycles. The Morgan fingerprint density at radius 1 is 1.12 bits per heavy atom. The van der Waals surface area contributed by atoms with Crippen molar-refractivity contribution in [3.05, 3.63) is 60.2 Å². The van der Waals surface area contributed by atoms with Crippen LogP contribution in [0.1, 0.15) is 18.9 Å². The molecule has 0 saturated heterocycles. The van der Waals surface area contributed by atoms with Gasteiger partial charge in [0.05, 0.1) is 12.3 Å². The highest BCUT2D eigenvalue weighted by molar-refractivity contribution is 5.93. The molecule has 132 valence electrons. The molecule has 0 aliphatic rings. The molecule has 1 amide bonds. The molecule has 0 aliphatic heterocycles. The summed E-state index contributed by atoms with van der Waals surface area (Å²) in [5, 5.41) is 6.51. The molecule has 6 nitrogen and oxygen atoms in total. The number of carbonyl (C=O) groups is 1. The maximum Gasteiger partial charge on any atom is 0.265 e. The number of amides is 1. The number of ether oxygens (including phenoxy) is 1. The van der Waals surface area contributed by atoms with E-state index >= 15 is 0 Å². The van der Waals surface area contributed by atoms with Gasteiger partial charge in [0.2, 0.25) is 0 Å². The Balaban J connectivity index is 1.76. The van der Waals surface area contributed by atoms with Crippen molar-refractivity contribution in [2.45, 2.75) is 19.8 Å². The van der Waals surface area contributed by atoms with Gasteiger partial charge in [0.15, 0.2) is 6.61 Å². The number of anilines is 1. The average Bonchev–Trinajstić information content (AvgIpc) is 2.63. The second-order valence-electron chi connectivity index (χ2n) is 5.32. The van der Waals surface area contributed by atoms with E-state index in [0.717, 1.165) is 6.42 Å². The second-order valence-corrected chi connectivity index (χ2v) is 5.32. The lowest BCUT2D eigenvalue weighted by Gasteiger charge is -2.10. The SMILES string of the molecule is CCOc1ccccc1NC(=O)CO/N=C(\N)CCc1ccccc1. The summed E-state index contributed by atoms with van der Waals surface area (Å²) in [5.41, 5.74) is 7.57. The van der Waals surface area contributed by atoms with Gasteiger partial charge in [-0.3, -0.25) is 4.79 Å². The number of aryl methyl sites for hydroxylation is 1. The first kappa shape index (κ1) is 18.3. The summed E-state index contributed by atoms with van der Waals surface area (Å²) in [7, 11) is 0. The standard InChI is InChI=1S/C19H23N3O3/c1-2-24-17-11-7-6-10-16(17)21-19(23)14-25-22-18(20)13-12-15-8-4-3-5-9-15/h3-11H,2,12-14H2,1H3,(H2,20,22)(H,21,23). The van der Waals surface area contributed by atoms with E-state index in [4.69, 9.17) is 15.3 Å². The van der Waals surface area contributed by atoms with Gasteiger partial charge in [-0.15, -0.1) is 0 Å². The lowest BCUT2D eigenvalue weighted by Crippen LogP contribution is -2.19. The molecule has 0 spiro atoms. The molecule has 0 bridgehead atoms. The number of amidine groups is 1. The van der Waals surface area contributed by atoms with Crippen LogP contribution in [-0.4, -0.2) is 25.0 Å². The van der Waals surface area contributed by atoms with Gasteiger partial charge < -0.3 is 20.6 Å². The molecule has 0 aromatic heterocycles. The van der Waals surface area contributed by atoms with Crippen LogP contribution in [0.4, 0.5) is 5.69 Å². The summed E-state index contributed by atoms with van der Waals surface area (Å²) in [5.74, 6) is 0.641. The summed E-state index contributed by atoms with van der Waals surface area (Å²) in [6.07, 6.45) is 1.34. The van der Waals surface area contributed by atoms with Crippen molar-refractivity contribution in [1.29, 1.82) is 0 Å². The number of hydrogen-bond acceptors (Lipinski definition) is 4. The third-order valence-electron chi connectivity index (χ3n) is 3.35. The van der Waals surface area contributed by atoms with Gasteiger partial charge >= 0.3 is 0 Å². The summed E-state index contributed by atoms with van der Waals surface area (Å²) in [6.45, 7) is 2.19. The number of carbonyl (C=O) groups excluding carboxylic acids is 1. The predicted molar refractivity (Wildman–Crippen MR) is 98.6 cm³/mol. The van der Waals surface area contributed by atoms with Crippen molar-refractivity contribution in [3.8, 4) is 5.75 Å². The Hall–Kier alpha value is -3.02. The number of hydrogen-bond donors (Lipinski definition) is 2. The first-order valence-corrected chi connectivity index (χ1v) is 8.19. The van der Waals surface area contributed by atoms with Crippen LogP contribution in [0.2, 0.25) is 0 Å². The highest BCUT2D eigenvalue weighted by Crippen LogP contribution is 2.23. The van der Waals surface area contributed by atoms with Crippen molar-refractivity contribution in [2.75, 3.05) is 18.5 Å². The van der Waals surface area contributed by atoms with Crippen LogP contribution in [0.25, 0.3) is 0 Å². The minimum absolute atomic E-state index is 0.216. The zero-order valence-corrected chi connectivity index (χ0v) is 14.3. The van der Waals surface area contributed by atoms with E-state index in [2.05, 4.69) is 10.5 Å². The molecule has 3 N–H and O–H groups in total. The molecule has 0 radical (unpaired) electrons. The molecule has 0 aliphatic carbocycles. The highest BCUT2D eigenvalue weighted by Gasteiger charge is 2.07. The molecule has 2 rings (SSSR count). The lowest BCUT2D eigenvalue weighted by molar-refractivity contribution is -0.120. The first-order chi connectivity index (χ1) is 12.2. The largest absolute Gasteiger partial charge is 0.492 e. The summed E-state index contributed by atoms with van der Waals surface area (Å²) in [6, 6.07) is 17.2. The third kappa shape index (κ3) is 6.55. The molecule has 2 aromatic carbocycles. The van der Waals surface area contributed by atoms with Crippen molar-refractivity contribution >= 4 is 17.4 Å². The van der Waals surface area contributed by atoms with Crippen molar-refractivity contribution in [1.82, 2.24) is 0 Å². The number of oxime groups is 1. The molecule has 0 saturated carbocycles. The summed E-state index contributed by atoms with van der Waals surface area (Å²) in [4.78, 5) is 17.0. The van der Waals surface area contributed by atoms with Crippen LogP contribution in [0.15, 0.2) is 59.8 Å². The van der Waals surface area contributed by atoms with Crippen molar-refractivity contribution < 1.29 is 14.4 Å². The molecular formula is C19H23N3O3. The van der Waals surface area contributed by atoms with E-state index in [1.165, 1.54) is 5.56 Å². The van der Waals surface area contributed by atoms with E-state index in [-0.39, 0.29) is 12.5 Å². The fraction of sp³-hybridized carbons (Fsp3) is 0.263. The van der Waals surface area contributed by atoms with E-state index in [1.807, 2.05) is 49.4 Å². The number of benzene rings is 2. The number of rotatable bonds is 9. The Bertz CT molecular complexity index is 702. The summed E-state index contributed by atoms with van der Waals surface area (Å²) < 4.78 is 5.45. The van der Waals surface area contributed by atoms with Crippen LogP contribution in [0.3, 0.4) is 0 Å². The highest BCUT2D eigenvalue weighted by atomic mass is 16.6. The van der Waals surface area contributed by atoms with Gasteiger partial charge in [-0.1, -0.05) is 47.6 Å². The number of nitrogens with zero attached hydrogens (tertiary/aromatic N) is 1. The van der Waals surface area contributed by atoms with Crippen molar-refractivity contribution in [3.63, 3.8) is 0 Å². The lowest BCUT2D eigenvalue weighted by atomic mass is 10.1. The quantitative estimate of drug-likeness (QED) is 0.417. The van der Waals surface area contributed by atoms with Gasteiger partial charge in [-0.25, -0.2) is 0 Å². The number of para-hydroxylation sites is 2. The van der Waals surface area contributed by atoms with Gasteiger partial charge in [0, 0.05) is 6.42 Å². The fourth-order valence-corrected chi connectivity index (χ4v) is 2.17. The minimum Gasteiger partial charge on any atom is -0.492 e. The van der Waals surface area contributed by atoms with E-state index < -0.39 is 0 Å². The Kier molecular flexibility index (Phi) is 7.31. The molecular weight excluding hydrogens is 318 g/mol. The molecule has 6 heteroatoms. The second kappa shape index (κ2) is 9.97. The average molecular weight is 341 g/mol. The van der Waals surface area contributed by atoms with Gasteiger partial charge in [-0.05, 0) is 31.0 Å². The van der Waals surface area contributed by atoms with Crippen LogP contribution in [0.5, 0.6) is 5.75 Å². The van der Waals surface area contributed by atoms with Crippen LogP contribution in [-0.2, 0) is 16.1 Å². The molecule has 2 aromatic rings. The number of nitrogens with one attached hydrogen (secondary N) is 1. The van der Waals surface area contributed by atoms with Gasteiger partial charge in [-0.2, -0.15) is 0 Å². The molecule has 0 fully saturated rings. The smallest absolute Gasteiger partial charge is 0.265 e. The zero-order chi connectivity index (χ0) is 17.9. The van der Waals surface area contributed by atoms with Crippen LogP contribution in [0, 0.1) is 0 Å². The molecule has 0 unspecified atom stereocenters. The maximum atomic E-state index is 11.9. The molecule has 25 heavy (non-hydrogen) atoms. The Morgan fingerprint density at radius 2 is 1.84 bits per heavy atom. The molecule has 0 atom stereocenters. The van der Waals surface area contributed by atoms with Crippen LogP contribution >= 0.6 is 0 Å². The topological polar surface area (TPSA) is 85.9 Å². The van der Waals surface area contributed by atoms with E-state index in [9.17, 15) is 4.79 Å². The number of nitrogens with two attached hydrogens (primary N) is 1. The Morgan fingerprint density at radius 3 is 2.60 bits per heavy atom. The van der Waals surface area contributed by atoms with Crippen LogP contribution < -0.4 is 15.8 Å². The normalized spacial score (nSPS) is 11.0. The zero-order valence-electron chi connectivity index (χ0n) is 14.3.